The highest BCUT2D eigenvalue weighted by molar-refractivity contribution is 5.61. The average Bonchev–Trinajstić information content (AvgIpc) is 2.39. The summed E-state index contributed by atoms with van der Waals surface area (Å²) >= 11 is 0. The lowest BCUT2D eigenvalue weighted by atomic mass is 9.83. The molecule has 0 spiro atoms. The van der Waals surface area contributed by atoms with Gasteiger partial charge in [-0.15, -0.1) is 0 Å². The first-order chi connectivity index (χ1) is 6.65. The number of para-hydroxylation sites is 1. The van der Waals surface area contributed by atoms with Crippen LogP contribution in [0.5, 0.6) is 0 Å². The zero-order valence-corrected chi connectivity index (χ0v) is 8.88. The van der Waals surface area contributed by atoms with Crippen molar-refractivity contribution >= 4 is 5.69 Å². The predicted molar refractivity (Wildman–Crippen MR) is 60.6 cm³/mol. The number of hydrogen-bond donors (Lipinski definition) is 2. The molecule has 2 rings (SSSR count). The van der Waals surface area contributed by atoms with Crippen molar-refractivity contribution in [2.45, 2.75) is 31.7 Å². The van der Waals surface area contributed by atoms with Crippen LogP contribution in [0.1, 0.15) is 31.7 Å². The number of rotatable bonds is 2. The summed E-state index contributed by atoms with van der Waals surface area (Å²) in [5, 5.41) is 3.55. The first-order valence-corrected chi connectivity index (χ1v) is 5.22. The van der Waals surface area contributed by atoms with Gasteiger partial charge in [0.2, 0.25) is 0 Å². The number of nitrogens with one attached hydrogen (secondary N) is 1. The molecule has 0 bridgehead atoms. The molecule has 0 aromatic heterocycles. The molecule has 0 amide bonds. The molecule has 14 heavy (non-hydrogen) atoms. The van der Waals surface area contributed by atoms with Gasteiger partial charge in [-0.2, -0.15) is 0 Å². The number of hydrogen-bond acceptors (Lipinski definition) is 2. The van der Waals surface area contributed by atoms with Gasteiger partial charge in [0.1, 0.15) is 0 Å². The average molecular weight is 190 g/mol. The normalized spacial score (nSPS) is 22.9. The highest BCUT2D eigenvalue weighted by atomic mass is 15.0. The molecular formula is C12H18N2. The lowest BCUT2D eigenvalue weighted by Gasteiger charge is -2.27. The van der Waals surface area contributed by atoms with E-state index in [1.165, 1.54) is 11.3 Å². The van der Waals surface area contributed by atoms with Crippen molar-refractivity contribution in [3.05, 3.63) is 29.8 Å². The highest BCUT2D eigenvalue weighted by Gasteiger charge is 2.37. The summed E-state index contributed by atoms with van der Waals surface area (Å²) in [4.78, 5) is 0. The number of nitrogens with two attached hydrogens (primary N) is 1. The third-order valence-electron chi connectivity index (χ3n) is 3.12. The van der Waals surface area contributed by atoms with E-state index in [1.54, 1.807) is 0 Å². The molecule has 1 aromatic rings. The van der Waals surface area contributed by atoms with E-state index in [1.807, 2.05) is 0 Å². The minimum Gasteiger partial charge on any atom is -0.379 e. The minimum atomic E-state index is 0.142. The van der Waals surface area contributed by atoms with Crippen molar-refractivity contribution in [1.82, 2.24) is 0 Å². The van der Waals surface area contributed by atoms with E-state index < -0.39 is 0 Å². The van der Waals surface area contributed by atoms with Gasteiger partial charge in [-0.05, 0) is 38.4 Å². The van der Waals surface area contributed by atoms with Crippen LogP contribution in [0.2, 0.25) is 0 Å². The fourth-order valence-corrected chi connectivity index (χ4v) is 2.42. The predicted octanol–water partition coefficient (Wildman–Crippen LogP) is 2.32. The van der Waals surface area contributed by atoms with E-state index in [9.17, 15) is 0 Å². The molecule has 1 heterocycles. The number of fused-ring (bicyclic) bond motifs is 1. The highest BCUT2D eigenvalue weighted by Crippen LogP contribution is 2.43. The van der Waals surface area contributed by atoms with Gasteiger partial charge in [0.05, 0.1) is 0 Å². The maximum absolute atomic E-state index is 5.66. The zero-order chi connectivity index (χ0) is 10.2. The lowest BCUT2D eigenvalue weighted by Crippen LogP contribution is -2.33. The van der Waals surface area contributed by atoms with Crippen LogP contribution in [-0.2, 0) is 0 Å². The topological polar surface area (TPSA) is 38.0 Å². The summed E-state index contributed by atoms with van der Waals surface area (Å²) < 4.78 is 0. The van der Waals surface area contributed by atoms with Gasteiger partial charge in [-0.1, -0.05) is 18.2 Å². The maximum Gasteiger partial charge on any atom is 0.0387 e. The minimum absolute atomic E-state index is 0.142. The van der Waals surface area contributed by atoms with E-state index >= 15 is 0 Å². The molecule has 1 aromatic carbocycles. The summed E-state index contributed by atoms with van der Waals surface area (Å²) in [6, 6.07) is 8.53. The Labute approximate surface area is 85.5 Å². The Morgan fingerprint density at radius 1 is 1.36 bits per heavy atom. The maximum atomic E-state index is 5.66. The fraction of sp³-hybridized carbons (Fsp3) is 0.500. The Balaban J connectivity index is 2.37. The summed E-state index contributed by atoms with van der Waals surface area (Å²) in [7, 11) is 0. The molecule has 0 saturated heterocycles. The van der Waals surface area contributed by atoms with Crippen LogP contribution in [0.25, 0.3) is 0 Å². The Bertz CT molecular complexity index is 331. The molecule has 1 aliphatic rings. The summed E-state index contributed by atoms with van der Waals surface area (Å²) in [5.41, 5.74) is 8.49. The molecule has 1 atom stereocenters. The van der Waals surface area contributed by atoms with E-state index in [2.05, 4.69) is 43.4 Å². The van der Waals surface area contributed by atoms with Crippen molar-refractivity contribution in [3.63, 3.8) is 0 Å². The lowest BCUT2D eigenvalue weighted by molar-refractivity contribution is 0.451. The van der Waals surface area contributed by atoms with Crippen molar-refractivity contribution < 1.29 is 0 Å². The van der Waals surface area contributed by atoms with Crippen molar-refractivity contribution in [2.75, 3.05) is 11.9 Å². The molecule has 1 unspecified atom stereocenters. The molecule has 0 aliphatic carbocycles. The monoisotopic (exact) mass is 190 g/mol. The quantitative estimate of drug-likeness (QED) is 0.751. The van der Waals surface area contributed by atoms with E-state index in [0.717, 1.165) is 13.0 Å². The van der Waals surface area contributed by atoms with Gasteiger partial charge in [-0.25, -0.2) is 0 Å². The Morgan fingerprint density at radius 2 is 2.07 bits per heavy atom. The third kappa shape index (κ3) is 1.40. The first kappa shape index (κ1) is 9.53. The van der Waals surface area contributed by atoms with Crippen molar-refractivity contribution in [2.24, 2.45) is 5.73 Å². The molecule has 0 radical (unpaired) electrons. The van der Waals surface area contributed by atoms with Gasteiger partial charge in [0.25, 0.3) is 0 Å². The third-order valence-corrected chi connectivity index (χ3v) is 3.12. The number of anilines is 1. The van der Waals surface area contributed by atoms with Gasteiger partial charge in [0.15, 0.2) is 0 Å². The van der Waals surface area contributed by atoms with Crippen LogP contribution in [0, 0.1) is 0 Å². The van der Waals surface area contributed by atoms with Gasteiger partial charge < -0.3 is 11.1 Å². The second-order valence-corrected chi connectivity index (χ2v) is 4.56. The van der Waals surface area contributed by atoms with E-state index in [0.29, 0.717) is 5.92 Å². The molecule has 3 N–H and O–H groups in total. The Morgan fingerprint density at radius 3 is 2.79 bits per heavy atom. The van der Waals surface area contributed by atoms with Crippen LogP contribution in [-0.4, -0.2) is 12.1 Å². The fourth-order valence-electron chi connectivity index (χ4n) is 2.42. The van der Waals surface area contributed by atoms with Gasteiger partial charge in [-0.3, -0.25) is 0 Å². The van der Waals surface area contributed by atoms with Crippen LogP contribution < -0.4 is 11.1 Å². The molecule has 2 heteroatoms. The molecule has 76 valence electrons. The van der Waals surface area contributed by atoms with Crippen LogP contribution >= 0.6 is 0 Å². The Hall–Kier alpha value is -1.02. The van der Waals surface area contributed by atoms with Crippen LogP contribution in [0.3, 0.4) is 0 Å². The van der Waals surface area contributed by atoms with Gasteiger partial charge in [0, 0.05) is 17.1 Å². The molecule has 0 fully saturated rings. The van der Waals surface area contributed by atoms with Crippen LogP contribution in [0.15, 0.2) is 24.3 Å². The smallest absolute Gasteiger partial charge is 0.0387 e. The first-order valence-electron chi connectivity index (χ1n) is 5.22. The van der Waals surface area contributed by atoms with E-state index in [4.69, 9.17) is 5.73 Å². The summed E-state index contributed by atoms with van der Waals surface area (Å²) in [6.45, 7) is 5.24. The largest absolute Gasteiger partial charge is 0.379 e. The van der Waals surface area contributed by atoms with E-state index in [-0.39, 0.29) is 5.54 Å². The van der Waals surface area contributed by atoms with Crippen molar-refractivity contribution in [3.8, 4) is 0 Å². The molecular weight excluding hydrogens is 172 g/mol. The number of benzene rings is 1. The molecule has 0 saturated carbocycles. The van der Waals surface area contributed by atoms with Crippen LogP contribution in [0.4, 0.5) is 5.69 Å². The molecule has 2 nitrogen and oxygen atoms in total. The van der Waals surface area contributed by atoms with Crippen molar-refractivity contribution in [1.29, 1.82) is 0 Å². The summed E-state index contributed by atoms with van der Waals surface area (Å²) in [6.07, 6.45) is 1.05. The summed E-state index contributed by atoms with van der Waals surface area (Å²) in [5.74, 6) is 0.545. The second kappa shape index (κ2) is 3.28. The van der Waals surface area contributed by atoms with Gasteiger partial charge >= 0.3 is 0 Å². The standard InChI is InChI=1S/C12H18N2/c1-12(2)10(7-8-13)9-5-3-4-6-11(9)14-12/h3-6,10,14H,7-8,13H2,1-2H3. The molecule has 1 aliphatic heterocycles. The second-order valence-electron chi connectivity index (χ2n) is 4.56. The SMILES string of the molecule is CC1(C)Nc2ccccc2C1CCN. The zero-order valence-electron chi connectivity index (χ0n) is 8.88. The Kier molecular flexibility index (Phi) is 2.23.